The topological polar surface area (TPSA) is 67.4 Å². The maximum Gasteiger partial charge on any atom is 0.337 e. The second-order valence-corrected chi connectivity index (χ2v) is 5.47. The van der Waals surface area contributed by atoms with Crippen LogP contribution in [0.4, 0.5) is 10.1 Å². The Balaban J connectivity index is 1.64. The molecule has 0 aliphatic carbocycles. The van der Waals surface area contributed by atoms with Crippen LogP contribution in [0.5, 0.6) is 0 Å². The molecule has 0 heterocycles. The van der Waals surface area contributed by atoms with Crippen molar-refractivity contribution >= 4 is 17.6 Å². The van der Waals surface area contributed by atoms with Crippen molar-refractivity contribution in [2.45, 2.75) is 12.8 Å². The molecule has 25 heavy (non-hydrogen) atoms. The number of amides is 1. The average molecular weight is 344 g/mol. The van der Waals surface area contributed by atoms with Gasteiger partial charge < -0.3 is 15.4 Å². The molecule has 0 atom stereocenters. The van der Waals surface area contributed by atoms with Gasteiger partial charge in [-0.05, 0) is 48.4 Å². The third kappa shape index (κ3) is 6.25. The van der Waals surface area contributed by atoms with Gasteiger partial charge in [0.25, 0.3) is 0 Å². The molecule has 2 rings (SSSR count). The Labute approximate surface area is 146 Å². The zero-order chi connectivity index (χ0) is 18.1. The number of carbonyl (C=O) groups excluding carboxylic acids is 2. The van der Waals surface area contributed by atoms with Crippen molar-refractivity contribution < 1.29 is 18.7 Å². The lowest BCUT2D eigenvalue weighted by Gasteiger charge is -2.08. The fraction of sp³-hybridized carbons (Fsp3) is 0.263. The number of carbonyl (C=O) groups is 2. The van der Waals surface area contributed by atoms with Gasteiger partial charge in [-0.2, -0.15) is 0 Å². The number of anilines is 1. The van der Waals surface area contributed by atoms with Crippen LogP contribution in [0.1, 0.15) is 22.3 Å². The Kier molecular flexibility index (Phi) is 6.95. The predicted octanol–water partition coefficient (Wildman–Crippen LogP) is 2.77. The van der Waals surface area contributed by atoms with Crippen LogP contribution in [0.25, 0.3) is 0 Å². The molecule has 2 N–H and O–H groups in total. The fourth-order valence-electron chi connectivity index (χ4n) is 2.25. The van der Waals surface area contributed by atoms with E-state index in [4.69, 9.17) is 0 Å². The van der Waals surface area contributed by atoms with Gasteiger partial charge in [0, 0.05) is 25.2 Å². The van der Waals surface area contributed by atoms with E-state index in [0.717, 1.165) is 11.3 Å². The zero-order valence-corrected chi connectivity index (χ0v) is 14.0. The van der Waals surface area contributed by atoms with E-state index in [0.29, 0.717) is 31.5 Å². The molecule has 0 spiro atoms. The summed E-state index contributed by atoms with van der Waals surface area (Å²) in [5, 5.41) is 5.95. The van der Waals surface area contributed by atoms with Crippen LogP contribution < -0.4 is 10.6 Å². The molecule has 0 radical (unpaired) electrons. The van der Waals surface area contributed by atoms with Gasteiger partial charge >= 0.3 is 5.97 Å². The van der Waals surface area contributed by atoms with E-state index >= 15 is 0 Å². The lowest BCUT2D eigenvalue weighted by molar-refractivity contribution is -0.120. The standard InChI is InChI=1S/C19H21FN2O3/c1-25-19(24)15-4-8-17(9-5-15)21-13-11-18(23)22-12-10-14-2-6-16(20)7-3-14/h2-9,21H,10-13H2,1H3,(H,22,23). The van der Waals surface area contributed by atoms with Crippen molar-refractivity contribution in [3.8, 4) is 0 Å². The van der Waals surface area contributed by atoms with Crippen molar-refractivity contribution in [2.24, 2.45) is 0 Å². The van der Waals surface area contributed by atoms with Crippen molar-refractivity contribution in [1.82, 2.24) is 5.32 Å². The number of hydrogen-bond acceptors (Lipinski definition) is 4. The van der Waals surface area contributed by atoms with Crippen molar-refractivity contribution in [2.75, 3.05) is 25.5 Å². The Bertz CT molecular complexity index is 700. The van der Waals surface area contributed by atoms with Crippen molar-refractivity contribution in [3.63, 3.8) is 0 Å². The predicted molar refractivity (Wildman–Crippen MR) is 94.0 cm³/mol. The first-order valence-electron chi connectivity index (χ1n) is 8.02. The highest BCUT2D eigenvalue weighted by molar-refractivity contribution is 5.89. The summed E-state index contributed by atoms with van der Waals surface area (Å²) in [5.41, 5.74) is 2.28. The molecule has 0 saturated heterocycles. The number of ether oxygens (including phenoxy) is 1. The van der Waals surface area contributed by atoms with Crippen LogP contribution in [0.3, 0.4) is 0 Å². The molecular formula is C19H21FN2O3. The molecule has 1 amide bonds. The number of hydrogen-bond donors (Lipinski definition) is 2. The largest absolute Gasteiger partial charge is 0.465 e. The molecule has 0 saturated carbocycles. The summed E-state index contributed by atoms with van der Waals surface area (Å²) in [7, 11) is 1.34. The molecule has 0 fully saturated rings. The van der Waals surface area contributed by atoms with Gasteiger partial charge in [0.1, 0.15) is 5.82 Å². The highest BCUT2D eigenvalue weighted by Crippen LogP contribution is 2.10. The zero-order valence-electron chi connectivity index (χ0n) is 14.0. The summed E-state index contributed by atoms with van der Waals surface area (Å²) < 4.78 is 17.4. The second kappa shape index (κ2) is 9.42. The maximum atomic E-state index is 12.8. The van der Waals surface area contributed by atoms with Gasteiger partial charge in [-0.25, -0.2) is 9.18 Å². The van der Waals surface area contributed by atoms with Crippen LogP contribution >= 0.6 is 0 Å². The van der Waals surface area contributed by atoms with Gasteiger partial charge in [-0.1, -0.05) is 12.1 Å². The molecule has 0 aromatic heterocycles. The molecule has 0 unspecified atom stereocenters. The minimum absolute atomic E-state index is 0.0548. The summed E-state index contributed by atoms with van der Waals surface area (Å²) in [6.07, 6.45) is 0.997. The van der Waals surface area contributed by atoms with Crippen molar-refractivity contribution in [1.29, 1.82) is 0 Å². The Hall–Kier alpha value is -2.89. The van der Waals surface area contributed by atoms with Crippen LogP contribution in [0.15, 0.2) is 48.5 Å². The van der Waals surface area contributed by atoms with E-state index in [1.54, 1.807) is 36.4 Å². The Morgan fingerprint density at radius 1 is 1.00 bits per heavy atom. The van der Waals surface area contributed by atoms with Gasteiger partial charge in [0.2, 0.25) is 5.91 Å². The SMILES string of the molecule is COC(=O)c1ccc(NCCC(=O)NCCc2ccc(F)cc2)cc1. The van der Waals surface area contributed by atoms with E-state index in [1.807, 2.05) is 0 Å². The van der Waals surface area contributed by atoms with Gasteiger partial charge in [-0.15, -0.1) is 0 Å². The monoisotopic (exact) mass is 344 g/mol. The van der Waals surface area contributed by atoms with E-state index < -0.39 is 0 Å². The maximum absolute atomic E-state index is 12.8. The number of halogens is 1. The summed E-state index contributed by atoms with van der Waals surface area (Å²) >= 11 is 0. The molecule has 2 aromatic rings. The lowest BCUT2D eigenvalue weighted by Crippen LogP contribution is -2.27. The molecule has 5 nitrogen and oxygen atoms in total. The summed E-state index contributed by atoms with van der Waals surface area (Å²) in [6, 6.07) is 13.1. The average Bonchev–Trinajstić information content (AvgIpc) is 2.63. The third-order valence-corrected chi connectivity index (χ3v) is 3.64. The van der Waals surface area contributed by atoms with Crippen LogP contribution in [-0.2, 0) is 16.0 Å². The van der Waals surface area contributed by atoms with Crippen LogP contribution in [0.2, 0.25) is 0 Å². The fourth-order valence-corrected chi connectivity index (χ4v) is 2.25. The highest BCUT2D eigenvalue weighted by Gasteiger charge is 2.05. The molecule has 6 heteroatoms. The van der Waals surface area contributed by atoms with Crippen LogP contribution in [0, 0.1) is 5.82 Å². The minimum atomic E-state index is -0.382. The Morgan fingerprint density at radius 3 is 2.32 bits per heavy atom. The number of esters is 1. The van der Waals surface area contributed by atoms with E-state index in [9.17, 15) is 14.0 Å². The molecule has 0 bridgehead atoms. The molecule has 2 aromatic carbocycles. The number of methoxy groups -OCH3 is 1. The van der Waals surface area contributed by atoms with E-state index in [-0.39, 0.29) is 17.7 Å². The van der Waals surface area contributed by atoms with E-state index in [1.165, 1.54) is 19.2 Å². The molecule has 0 aliphatic heterocycles. The van der Waals surface area contributed by atoms with Gasteiger partial charge in [-0.3, -0.25) is 4.79 Å². The third-order valence-electron chi connectivity index (χ3n) is 3.64. The minimum Gasteiger partial charge on any atom is -0.465 e. The second-order valence-electron chi connectivity index (χ2n) is 5.47. The Morgan fingerprint density at radius 2 is 1.68 bits per heavy atom. The summed E-state index contributed by atoms with van der Waals surface area (Å²) in [6.45, 7) is 0.998. The van der Waals surface area contributed by atoms with Gasteiger partial charge in [0.15, 0.2) is 0 Å². The summed E-state index contributed by atoms with van der Waals surface area (Å²) in [5.74, 6) is -0.702. The normalized spacial score (nSPS) is 10.2. The van der Waals surface area contributed by atoms with Crippen LogP contribution in [-0.4, -0.2) is 32.1 Å². The number of benzene rings is 2. The van der Waals surface area contributed by atoms with Gasteiger partial charge in [0.05, 0.1) is 12.7 Å². The lowest BCUT2D eigenvalue weighted by atomic mass is 10.1. The molecule has 132 valence electrons. The van der Waals surface area contributed by atoms with E-state index in [2.05, 4.69) is 15.4 Å². The first kappa shape index (κ1) is 18.4. The number of nitrogens with one attached hydrogen (secondary N) is 2. The first-order chi connectivity index (χ1) is 12.1. The molecular weight excluding hydrogens is 323 g/mol. The smallest absolute Gasteiger partial charge is 0.337 e. The summed E-state index contributed by atoms with van der Waals surface area (Å²) in [4.78, 5) is 23.1. The number of rotatable bonds is 8. The molecule has 0 aliphatic rings. The highest BCUT2D eigenvalue weighted by atomic mass is 19.1. The van der Waals surface area contributed by atoms with Crippen molar-refractivity contribution in [3.05, 3.63) is 65.5 Å². The quantitative estimate of drug-likeness (QED) is 0.723. The first-order valence-corrected chi connectivity index (χ1v) is 8.02.